The van der Waals surface area contributed by atoms with Gasteiger partial charge < -0.3 is 35.6 Å². The fourth-order valence-corrected chi connectivity index (χ4v) is 5.90. The summed E-state index contributed by atoms with van der Waals surface area (Å²) >= 11 is 0. The maximum atomic E-state index is 13.6. The first-order chi connectivity index (χ1) is 18.2. The summed E-state index contributed by atoms with van der Waals surface area (Å²) in [6.07, 6.45) is 2.97. The van der Waals surface area contributed by atoms with Gasteiger partial charge in [0.05, 0.1) is 13.2 Å². The molecule has 1 aliphatic carbocycles. The number of aliphatic hydroxyl groups excluding tert-OH is 1. The maximum absolute atomic E-state index is 13.6. The predicted molar refractivity (Wildman–Crippen MR) is 138 cm³/mol. The normalized spacial score (nSPS) is 25.3. The van der Waals surface area contributed by atoms with Crippen molar-refractivity contribution in [3.05, 3.63) is 23.8 Å². The third kappa shape index (κ3) is 6.75. The lowest BCUT2D eigenvalue weighted by molar-refractivity contribution is -0.144. The Morgan fingerprint density at radius 3 is 2.58 bits per heavy atom. The van der Waals surface area contributed by atoms with Crippen molar-refractivity contribution >= 4 is 17.7 Å². The third-order valence-corrected chi connectivity index (χ3v) is 7.98. The van der Waals surface area contributed by atoms with Gasteiger partial charge in [0.1, 0.15) is 18.2 Å². The Kier molecular flexibility index (Phi) is 9.45. The largest absolute Gasteiger partial charge is 0.504 e. The van der Waals surface area contributed by atoms with Crippen LogP contribution in [0.25, 0.3) is 0 Å². The molecule has 0 aromatic heterocycles. The lowest BCUT2D eigenvalue weighted by Crippen LogP contribution is -2.56. The molecule has 5 atom stereocenters. The fraction of sp³-hybridized carbons (Fsp3) is 0.667. The Morgan fingerprint density at radius 1 is 1.11 bits per heavy atom. The second-order valence-electron chi connectivity index (χ2n) is 10.6. The number of ether oxygens (including phenoxy) is 1. The van der Waals surface area contributed by atoms with Crippen molar-refractivity contribution in [2.45, 2.75) is 69.7 Å². The highest BCUT2D eigenvalue weighted by Crippen LogP contribution is 2.40. The number of phenols is 2. The average Bonchev–Trinajstić information content (AvgIpc) is 3.30. The van der Waals surface area contributed by atoms with Crippen LogP contribution in [0, 0.1) is 5.92 Å². The maximum Gasteiger partial charge on any atom is 0.249 e. The van der Waals surface area contributed by atoms with Gasteiger partial charge in [-0.3, -0.25) is 19.3 Å². The Morgan fingerprint density at radius 2 is 1.84 bits per heavy atom. The number of aliphatic hydroxyl groups is 1. The number of aromatic hydroxyl groups is 2. The van der Waals surface area contributed by atoms with E-state index in [1.54, 1.807) is 11.8 Å². The number of likely N-dealkylation sites (tertiary alicyclic amines) is 1. The second kappa shape index (κ2) is 12.8. The minimum atomic E-state index is -1.45. The molecule has 38 heavy (non-hydrogen) atoms. The van der Waals surface area contributed by atoms with E-state index in [4.69, 9.17) is 4.74 Å². The summed E-state index contributed by atoms with van der Waals surface area (Å²) < 4.78 is 5.37. The first-order valence-electron chi connectivity index (χ1n) is 13.6. The van der Waals surface area contributed by atoms with Crippen molar-refractivity contribution in [2.24, 2.45) is 5.92 Å². The first kappa shape index (κ1) is 28.1. The van der Waals surface area contributed by atoms with Gasteiger partial charge in [-0.25, -0.2) is 0 Å². The number of phenolic OH excluding ortho intramolecular Hbond substituents is 2. The summed E-state index contributed by atoms with van der Waals surface area (Å²) in [5.74, 6) is -1.58. The zero-order valence-corrected chi connectivity index (χ0v) is 22.0. The van der Waals surface area contributed by atoms with E-state index in [2.05, 4.69) is 15.5 Å². The highest BCUT2D eigenvalue weighted by molar-refractivity contribution is 5.93. The van der Waals surface area contributed by atoms with E-state index in [0.717, 1.165) is 45.3 Å². The average molecular weight is 533 g/mol. The molecule has 0 spiro atoms. The number of rotatable bonds is 9. The van der Waals surface area contributed by atoms with E-state index in [1.807, 2.05) is 0 Å². The molecule has 1 aromatic rings. The molecule has 1 unspecified atom stereocenters. The van der Waals surface area contributed by atoms with Crippen LogP contribution in [0.2, 0.25) is 0 Å². The molecule has 2 aliphatic heterocycles. The van der Waals surface area contributed by atoms with Gasteiger partial charge in [0, 0.05) is 38.6 Å². The molecule has 4 rings (SSSR count). The van der Waals surface area contributed by atoms with Crippen LogP contribution >= 0.6 is 0 Å². The van der Waals surface area contributed by atoms with Crippen LogP contribution < -0.4 is 10.6 Å². The van der Waals surface area contributed by atoms with Gasteiger partial charge in [-0.15, -0.1) is 0 Å². The summed E-state index contributed by atoms with van der Waals surface area (Å²) in [5.41, 5.74) is 0.459. The van der Waals surface area contributed by atoms with Gasteiger partial charge in [0.25, 0.3) is 0 Å². The molecule has 5 N–H and O–H groups in total. The molecule has 3 amide bonds. The van der Waals surface area contributed by atoms with Gasteiger partial charge in [0.2, 0.25) is 17.7 Å². The molecule has 0 radical (unpaired) electrons. The van der Waals surface area contributed by atoms with E-state index >= 15 is 0 Å². The van der Waals surface area contributed by atoms with Crippen LogP contribution in [0.3, 0.4) is 0 Å². The second-order valence-corrected chi connectivity index (χ2v) is 10.6. The SMILES string of the molecule is C[C@H](NC(=O)[C@H](O)Cc1ccc(O)c(O)c1)C(=O)N1[C@H](C(=O)NCCN2CCOCC2)CC2CCCC[C@@H]21. The van der Waals surface area contributed by atoms with Crippen LogP contribution in [0.1, 0.15) is 44.6 Å². The standard InChI is InChI=1S/C27H40N4O7/c1-17(29-26(36)24(34)15-18-6-7-22(32)23(33)14-18)27(37)31-20-5-3-2-4-19(20)16-21(31)25(35)28-8-9-30-10-12-38-13-11-30/h6-7,14,17,19-21,24,32-34H,2-5,8-13,15-16H2,1H3,(H,28,35)(H,29,36)/t17-,19?,20-,21-,24+/m0/s1. The molecule has 11 heteroatoms. The zero-order valence-electron chi connectivity index (χ0n) is 22.0. The molecule has 1 aromatic carbocycles. The number of nitrogens with one attached hydrogen (secondary N) is 2. The number of amides is 3. The van der Waals surface area contributed by atoms with Crippen molar-refractivity contribution < 1.29 is 34.4 Å². The van der Waals surface area contributed by atoms with Crippen LogP contribution in [0.4, 0.5) is 0 Å². The predicted octanol–water partition coefficient (Wildman–Crippen LogP) is 0.114. The van der Waals surface area contributed by atoms with Crippen molar-refractivity contribution in [2.75, 3.05) is 39.4 Å². The van der Waals surface area contributed by atoms with Crippen molar-refractivity contribution in [1.29, 1.82) is 0 Å². The van der Waals surface area contributed by atoms with E-state index in [9.17, 15) is 29.7 Å². The van der Waals surface area contributed by atoms with E-state index in [-0.39, 0.29) is 41.7 Å². The van der Waals surface area contributed by atoms with Gasteiger partial charge in [-0.2, -0.15) is 0 Å². The van der Waals surface area contributed by atoms with Crippen molar-refractivity contribution in [3.63, 3.8) is 0 Å². The van der Waals surface area contributed by atoms with Crippen LogP contribution in [0.5, 0.6) is 11.5 Å². The van der Waals surface area contributed by atoms with E-state index < -0.39 is 24.1 Å². The summed E-state index contributed by atoms with van der Waals surface area (Å²) in [7, 11) is 0. The molecular weight excluding hydrogens is 492 g/mol. The van der Waals surface area contributed by atoms with Gasteiger partial charge in [-0.1, -0.05) is 18.9 Å². The number of benzene rings is 1. The molecule has 1 saturated carbocycles. The first-order valence-corrected chi connectivity index (χ1v) is 13.6. The summed E-state index contributed by atoms with van der Waals surface area (Å²) in [5, 5.41) is 35.1. The molecule has 2 heterocycles. The molecule has 0 bridgehead atoms. The molecule has 3 fully saturated rings. The fourth-order valence-electron chi connectivity index (χ4n) is 5.90. The third-order valence-electron chi connectivity index (χ3n) is 7.98. The number of morpholine rings is 1. The molecule has 11 nitrogen and oxygen atoms in total. The smallest absolute Gasteiger partial charge is 0.249 e. The van der Waals surface area contributed by atoms with Gasteiger partial charge >= 0.3 is 0 Å². The van der Waals surface area contributed by atoms with Crippen LogP contribution in [-0.2, 0) is 25.5 Å². The molecule has 3 aliphatic rings. The number of fused-ring (bicyclic) bond motifs is 1. The zero-order chi connectivity index (χ0) is 27.2. The molecular formula is C27H40N4O7. The summed E-state index contributed by atoms with van der Waals surface area (Å²) in [6.45, 7) is 5.86. The van der Waals surface area contributed by atoms with Crippen molar-refractivity contribution in [3.8, 4) is 11.5 Å². The lowest BCUT2D eigenvalue weighted by atomic mass is 9.84. The van der Waals surface area contributed by atoms with Crippen LogP contribution in [-0.4, -0.2) is 106 Å². The highest BCUT2D eigenvalue weighted by Gasteiger charge is 2.48. The van der Waals surface area contributed by atoms with E-state index in [0.29, 0.717) is 31.7 Å². The summed E-state index contributed by atoms with van der Waals surface area (Å²) in [4.78, 5) is 43.4. The van der Waals surface area contributed by atoms with Crippen molar-refractivity contribution in [1.82, 2.24) is 20.4 Å². The molecule has 2 saturated heterocycles. The Hall–Kier alpha value is -2.89. The Bertz CT molecular complexity index is 1000. The molecule has 210 valence electrons. The van der Waals surface area contributed by atoms with Gasteiger partial charge in [0.15, 0.2) is 11.5 Å². The highest BCUT2D eigenvalue weighted by atomic mass is 16.5. The minimum absolute atomic E-state index is 0.0320. The van der Waals surface area contributed by atoms with Crippen LogP contribution in [0.15, 0.2) is 18.2 Å². The number of carbonyl (C=O) groups excluding carboxylic acids is 3. The number of hydrogen-bond donors (Lipinski definition) is 5. The Labute approximate surface area is 223 Å². The summed E-state index contributed by atoms with van der Waals surface area (Å²) in [6, 6.07) is 2.52. The Balaban J connectivity index is 1.35. The quantitative estimate of drug-likeness (QED) is 0.281. The number of hydrogen-bond acceptors (Lipinski definition) is 8. The monoisotopic (exact) mass is 532 g/mol. The topological polar surface area (TPSA) is 152 Å². The minimum Gasteiger partial charge on any atom is -0.504 e. The lowest BCUT2D eigenvalue weighted by Gasteiger charge is -2.35. The van der Waals surface area contributed by atoms with E-state index in [1.165, 1.54) is 18.2 Å². The number of nitrogens with zero attached hydrogens (tertiary/aromatic N) is 2. The van der Waals surface area contributed by atoms with Gasteiger partial charge in [-0.05, 0) is 49.8 Å². The number of carbonyl (C=O) groups is 3.